The first-order valence-corrected chi connectivity index (χ1v) is 6.93. The van der Waals surface area contributed by atoms with Crippen LogP contribution >= 0.6 is 0 Å². The van der Waals surface area contributed by atoms with Crippen molar-refractivity contribution in [2.24, 2.45) is 0 Å². The van der Waals surface area contributed by atoms with E-state index >= 15 is 0 Å². The van der Waals surface area contributed by atoms with E-state index in [0.29, 0.717) is 30.2 Å². The van der Waals surface area contributed by atoms with Crippen molar-refractivity contribution in [3.8, 4) is 11.5 Å². The fraction of sp³-hybridized carbons (Fsp3) is 0.294. The van der Waals surface area contributed by atoms with Crippen LogP contribution in [0.4, 0.5) is 10.1 Å². The number of rotatable bonds is 6. The van der Waals surface area contributed by atoms with Crippen LogP contribution < -0.4 is 14.8 Å². The Bertz CT molecular complexity index is 614. The molecule has 112 valence electrons. The fourth-order valence-corrected chi connectivity index (χ4v) is 2.09. The maximum absolute atomic E-state index is 13.7. The SMILES string of the molecule is CCOc1ccc(NCc2cc(C)ccc2F)cc1OC. The summed E-state index contributed by atoms with van der Waals surface area (Å²) in [5.74, 6) is 1.16. The summed E-state index contributed by atoms with van der Waals surface area (Å²) in [5.41, 5.74) is 2.54. The summed E-state index contributed by atoms with van der Waals surface area (Å²) >= 11 is 0. The molecule has 0 amide bonds. The van der Waals surface area contributed by atoms with E-state index in [4.69, 9.17) is 9.47 Å². The van der Waals surface area contributed by atoms with E-state index in [-0.39, 0.29) is 5.82 Å². The number of aryl methyl sites for hydroxylation is 1. The predicted molar refractivity (Wildman–Crippen MR) is 82.6 cm³/mol. The van der Waals surface area contributed by atoms with Crippen LogP contribution in [0.3, 0.4) is 0 Å². The minimum atomic E-state index is -0.203. The molecule has 0 saturated carbocycles. The zero-order chi connectivity index (χ0) is 15.2. The van der Waals surface area contributed by atoms with E-state index in [0.717, 1.165) is 11.3 Å². The fourth-order valence-electron chi connectivity index (χ4n) is 2.09. The molecule has 0 bridgehead atoms. The molecule has 0 aliphatic rings. The van der Waals surface area contributed by atoms with Crippen molar-refractivity contribution in [3.63, 3.8) is 0 Å². The molecule has 0 spiro atoms. The Morgan fingerprint density at radius 1 is 1.10 bits per heavy atom. The second-order valence-corrected chi connectivity index (χ2v) is 4.75. The Morgan fingerprint density at radius 3 is 2.62 bits per heavy atom. The third kappa shape index (κ3) is 3.88. The van der Waals surface area contributed by atoms with Gasteiger partial charge in [0.1, 0.15) is 5.82 Å². The van der Waals surface area contributed by atoms with Gasteiger partial charge in [0.25, 0.3) is 0 Å². The predicted octanol–water partition coefficient (Wildman–Crippen LogP) is 4.15. The molecule has 2 rings (SSSR count). The Labute approximate surface area is 124 Å². The van der Waals surface area contributed by atoms with Gasteiger partial charge in [-0.3, -0.25) is 0 Å². The first-order chi connectivity index (χ1) is 10.1. The molecule has 1 N–H and O–H groups in total. The zero-order valence-electron chi connectivity index (χ0n) is 12.6. The molecular formula is C17H20FNO2. The molecule has 0 aliphatic carbocycles. The third-order valence-corrected chi connectivity index (χ3v) is 3.15. The second kappa shape index (κ2) is 6.97. The van der Waals surface area contributed by atoms with E-state index < -0.39 is 0 Å². The monoisotopic (exact) mass is 289 g/mol. The zero-order valence-corrected chi connectivity index (χ0v) is 12.6. The molecule has 0 saturated heterocycles. The molecule has 3 nitrogen and oxygen atoms in total. The van der Waals surface area contributed by atoms with Crippen LogP contribution in [0, 0.1) is 12.7 Å². The number of ether oxygens (including phenoxy) is 2. The Morgan fingerprint density at radius 2 is 1.90 bits per heavy atom. The third-order valence-electron chi connectivity index (χ3n) is 3.15. The van der Waals surface area contributed by atoms with Crippen LogP contribution in [-0.2, 0) is 6.54 Å². The summed E-state index contributed by atoms with van der Waals surface area (Å²) in [6, 6.07) is 10.7. The van der Waals surface area contributed by atoms with E-state index in [1.165, 1.54) is 6.07 Å². The van der Waals surface area contributed by atoms with Gasteiger partial charge in [-0.25, -0.2) is 4.39 Å². The van der Waals surface area contributed by atoms with Crippen LogP contribution in [-0.4, -0.2) is 13.7 Å². The number of nitrogens with one attached hydrogen (secondary N) is 1. The van der Waals surface area contributed by atoms with Crippen molar-refractivity contribution < 1.29 is 13.9 Å². The highest BCUT2D eigenvalue weighted by atomic mass is 19.1. The number of halogens is 1. The molecule has 0 fully saturated rings. The quantitative estimate of drug-likeness (QED) is 0.866. The van der Waals surface area contributed by atoms with Crippen molar-refractivity contribution in [2.45, 2.75) is 20.4 Å². The molecule has 0 heterocycles. The summed E-state index contributed by atoms with van der Waals surface area (Å²) in [6.45, 7) is 4.87. The first-order valence-electron chi connectivity index (χ1n) is 6.93. The minimum absolute atomic E-state index is 0.203. The van der Waals surface area contributed by atoms with E-state index in [9.17, 15) is 4.39 Å². The van der Waals surface area contributed by atoms with Crippen molar-refractivity contribution in [1.29, 1.82) is 0 Å². The molecule has 2 aromatic rings. The number of anilines is 1. The maximum atomic E-state index is 13.7. The van der Waals surface area contributed by atoms with Gasteiger partial charge in [-0.05, 0) is 32.0 Å². The lowest BCUT2D eigenvalue weighted by Gasteiger charge is -2.13. The molecule has 2 aromatic carbocycles. The molecule has 0 aromatic heterocycles. The van der Waals surface area contributed by atoms with E-state index in [2.05, 4.69) is 5.32 Å². The van der Waals surface area contributed by atoms with Crippen LogP contribution in [0.25, 0.3) is 0 Å². The average Bonchev–Trinajstić information content (AvgIpc) is 2.49. The number of hydrogen-bond acceptors (Lipinski definition) is 3. The van der Waals surface area contributed by atoms with Gasteiger partial charge in [0.05, 0.1) is 13.7 Å². The maximum Gasteiger partial charge on any atom is 0.162 e. The molecule has 0 unspecified atom stereocenters. The molecule has 0 radical (unpaired) electrons. The highest BCUT2D eigenvalue weighted by Gasteiger charge is 2.06. The van der Waals surface area contributed by atoms with Crippen molar-refractivity contribution in [1.82, 2.24) is 0 Å². The lowest BCUT2D eigenvalue weighted by Crippen LogP contribution is -2.03. The summed E-state index contributed by atoms with van der Waals surface area (Å²) in [5, 5.41) is 3.20. The van der Waals surface area contributed by atoms with Gasteiger partial charge in [0.15, 0.2) is 11.5 Å². The summed E-state index contributed by atoms with van der Waals surface area (Å²) in [4.78, 5) is 0. The number of benzene rings is 2. The van der Waals surface area contributed by atoms with Crippen LogP contribution in [0.2, 0.25) is 0 Å². The van der Waals surface area contributed by atoms with Gasteiger partial charge >= 0.3 is 0 Å². The molecule has 0 atom stereocenters. The molecule has 21 heavy (non-hydrogen) atoms. The lowest BCUT2D eigenvalue weighted by atomic mass is 10.1. The average molecular weight is 289 g/mol. The highest BCUT2D eigenvalue weighted by Crippen LogP contribution is 2.30. The topological polar surface area (TPSA) is 30.5 Å². The van der Waals surface area contributed by atoms with Gasteiger partial charge in [0.2, 0.25) is 0 Å². The van der Waals surface area contributed by atoms with E-state index in [1.807, 2.05) is 38.1 Å². The smallest absolute Gasteiger partial charge is 0.162 e. The molecule has 4 heteroatoms. The Hall–Kier alpha value is -2.23. The molecular weight excluding hydrogens is 269 g/mol. The standard InChI is InChI=1S/C17H20FNO2/c1-4-21-16-8-6-14(10-17(16)20-3)19-11-13-9-12(2)5-7-15(13)18/h5-10,19H,4,11H2,1-3H3. The van der Waals surface area contributed by atoms with Gasteiger partial charge in [0, 0.05) is 23.9 Å². The lowest BCUT2D eigenvalue weighted by molar-refractivity contribution is 0.311. The number of methoxy groups -OCH3 is 1. The van der Waals surface area contributed by atoms with Crippen LogP contribution in [0.5, 0.6) is 11.5 Å². The van der Waals surface area contributed by atoms with Crippen molar-refractivity contribution in [2.75, 3.05) is 19.0 Å². The normalized spacial score (nSPS) is 10.3. The summed E-state index contributed by atoms with van der Waals surface area (Å²) in [7, 11) is 1.60. The summed E-state index contributed by atoms with van der Waals surface area (Å²) in [6.07, 6.45) is 0. The first kappa shape index (κ1) is 15.2. The van der Waals surface area contributed by atoms with Crippen LogP contribution in [0.15, 0.2) is 36.4 Å². The highest BCUT2D eigenvalue weighted by molar-refractivity contribution is 5.55. The number of hydrogen-bond donors (Lipinski definition) is 1. The summed E-state index contributed by atoms with van der Waals surface area (Å²) < 4.78 is 24.5. The van der Waals surface area contributed by atoms with E-state index in [1.54, 1.807) is 13.2 Å². The molecule has 0 aliphatic heterocycles. The second-order valence-electron chi connectivity index (χ2n) is 4.75. The van der Waals surface area contributed by atoms with Crippen LogP contribution in [0.1, 0.15) is 18.1 Å². The van der Waals surface area contributed by atoms with Gasteiger partial charge in [-0.1, -0.05) is 17.7 Å². The van der Waals surface area contributed by atoms with Gasteiger partial charge in [-0.2, -0.15) is 0 Å². The van der Waals surface area contributed by atoms with Gasteiger partial charge in [-0.15, -0.1) is 0 Å². The van der Waals surface area contributed by atoms with Crippen molar-refractivity contribution >= 4 is 5.69 Å². The minimum Gasteiger partial charge on any atom is -0.493 e. The largest absolute Gasteiger partial charge is 0.493 e. The Kier molecular flexibility index (Phi) is 5.04. The Balaban J connectivity index is 2.11. The van der Waals surface area contributed by atoms with Gasteiger partial charge < -0.3 is 14.8 Å². The van der Waals surface area contributed by atoms with Crippen molar-refractivity contribution in [3.05, 3.63) is 53.3 Å².